The molecular formula is C24H35N5O. The molecule has 0 amide bonds. The molecule has 1 N–H and O–H groups in total. The molecule has 1 aromatic heterocycles. The van der Waals surface area contributed by atoms with E-state index in [4.69, 9.17) is 4.98 Å². The third kappa shape index (κ3) is 4.38. The summed E-state index contributed by atoms with van der Waals surface area (Å²) in [5, 5.41) is 0. The van der Waals surface area contributed by atoms with Gasteiger partial charge in [0.15, 0.2) is 0 Å². The van der Waals surface area contributed by atoms with E-state index in [1.807, 2.05) is 0 Å². The first-order chi connectivity index (χ1) is 14.6. The highest BCUT2D eigenvalue weighted by Crippen LogP contribution is 2.24. The van der Waals surface area contributed by atoms with E-state index in [9.17, 15) is 4.79 Å². The number of nitrogens with one attached hydrogen (secondary N) is 1. The van der Waals surface area contributed by atoms with E-state index >= 15 is 0 Å². The number of anilines is 2. The van der Waals surface area contributed by atoms with Gasteiger partial charge in [-0.2, -0.15) is 0 Å². The van der Waals surface area contributed by atoms with Crippen LogP contribution in [0.4, 0.5) is 11.6 Å². The van der Waals surface area contributed by atoms with Crippen LogP contribution in [-0.4, -0.2) is 47.1 Å². The van der Waals surface area contributed by atoms with Crippen LogP contribution in [0.5, 0.6) is 0 Å². The van der Waals surface area contributed by atoms with Gasteiger partial charge in [0.1, 0.15) is 0 Å². The van der Waals surface area contributed by atoms with Gasteiger partial charge in [-0.3, -0.25) is 14.7 Å². The molecule has 1 unspecified atom stereocenters. The third-order valence-corrected chi connectivity index (χ3v) is 6.69. The van der Waals surface area contributed by atoms with Crippen molar-refractivity contribution in [2.75, 3.05) is 36.0 Å². The summed E-state index contributed by atoms with van der Waals surface area (Å²) in [4.78, 5) is 27.7. The quantitative estimate of drug-likeness (QED) is 0.791. The highest BCUT2D eigenvalue weighted by molar-refractivity contribution is 5.47. The Balaban J connectivity index is 1.48. The second-order valence-corrected chi connectivity index (χ2v) is 8.65. The van der Waals surface area contributed by atoms with Crippen molar-refractivity contribution in [2.45, 2.75) is 65.6 Å². The molecule has 1 saturated heterocycles. The average Bonchev–Trinajstić information content (AvgIpc) is 2.76. The summed E-state index contributed by atoms with van der Waals surface area (Å²) < 4.78 is 0. The number of fused-ring (bicyclic) bond motifs is 1. The van der Waals surface area contributed by atoms with Gasteiger partial charge < -0.3 is 9.80 Å². The smallest absolute Gasteiger partial charge is 0.255 e. The van der Waals surface area contributed by atoms with Crippen LogP contribution in [0.1, 0.15) is 56.9 Å². The third-order valence-electron chi connectivity index (χ3n) is 6.69. The molecule has 1 fully saturated rings. The van der Waals surface area contributed by atoms with Crippen molar-refractivity contribution in [1.29, 1.82) is 0 Å². The van der Waals surface area contributed by atoms with Gasteiger partial charge in [0.25, 0.3) is 5.56 Å². The summed E-state index contributed by atoms with van der Waals surface area (Å²) in [6.07, 6.45) is 4.36. The Hall–Kier alpha value is -2.34. The minimum Gasteiger partial charge on any atom is -0.372 e. The highest BCUT2D eigenvalue weighted by atomic mass is 16.1. The normalized spacial score (nSPS) is 19.6. The molecule has 30 heavy (non-hydrogen) atoms. The molecule has 0 saturated carbocycles. The summed E-state index contributed by atoms with van der Waals surface area (Å²) in [7, 11) is 0. The van der Waals surface area contributed by atoms with E-state index in [0.29, 0.717) is 6.04 Å². The lowest BCUT2D eigenvalue weighted by molar-refractivity contribution is 0.240. The number of hydrogen-bond donors (Lipinski definition) is 1. The molecule has 0 radical (unpaired) electrons. The van der Waals surface area contributed by atoms with E-state index in [1.165, 1.54) is 24.1 Å². The van der Waals surface area contributed by atoms with E-state index in [0.717, 1.165) is 69.3 Å². The number of H-pyrrole nitrogens is 1. The molecule has 6 nitrogen and oxygen atoms in total. The molecule has 162 valence electrons. The summed E-state index contributed by atoms with van der Waals surface area (Å²) in [6, 6.07) is 9.34. The fraction of sp³-hybridized carbons (Fsp3) is 0.583. The van der Waals surface area contributed by atoms with Gasteiger partial charge in [-0.15, -0.1) is 0 Å². The Kier molecular flexibility index (Phi) is 6.42. The van der Waals surface area contributed by atoms with Gasteiger partial charge in [0, 0.05) is 56.6 Å². The first-order valence-corrected chi connectivity index (χ1v) is 11.5. The van der Waals surface area contributed by atoms with Gasteiger partial charge in [0.05, 0.1) is 5.69 Å². The Labute approximate surface area is 179 Å². The fourth-order valence-corrected chi connectivity index (χ4v) is 4.82. The molecule has 2 aliphatic heterocycles. The largest absolute Gasteiger partial charge is 0.372 e. The topological polar surface area (TPSA) is 55.5 Å². The Morgan fingerprint density at radius 2 is 1.90 bits per heavy atom. The maximum atomic E-state index is 12.7. The number of hydrogen-bond acceptors (Lipinski definition) is 5. The molecule has 1 atom stereocenters. The second kappa shape index (κ2) is 9.21. The Bertz CT molecular complexity index is 903. The molecule has 0 spiro atoms. The van der Waals surface area contributed by atoms with Crippen LogP contribution in [0.15, 0.2) is 29.1 Å². The molecule has 1 aromatic carbocycles. The number of rotatable bonds is 6. The lowest BCUT2D eigenvalue weighted by Gasteiger charge is -2.35. The fourth-order valence-electron chi connectivity index (χ4n) is 4.82. The lowest BCUT2D eigenvalue weighted by Crippen LogP contribution is -2.41. The second-order valence-electron chi connectivity index (χ2n) is 8.65. The average molecular weight is 410 g/mol. The summed E-state index contributed by atoms with van der Waals surface area (Å²) >= 11 is 0. The number of aromatic nitrogens is 2. The van der Waals surface area contributed by atoms with Crippen molar-refractivity contribution in [1.82, 2.24) is 14.9 Å². The number of benzene rings is 1. The van der Waals surface area contributed by atoms with E-state index in [1.54, 1.807) is 0 Å². The molecule has 6 heteroatoms. The van der Waals surface area contributed by atoms with Crippen molar-refractivity contribution < 1.29 is 0 Å². The molecular weight excluding hydrogens is 374 g/mol. The number of nitrogens with zero attached hydrogens (tertiary/aromatic N) is 4. The zero-order chi connectivity index (χ0) is 21.1. The van der Waals surface area contributed by atoms with Crippen LogP contribution in [0.2, 0.25) is 0 Å². The Morgan fingerprint density at radius 3 is 2.60 bits per heavy atom. The molecule has 0 aliphatic carbocycles. The van der Waals surface area contributed by atoms with E-state index in [-0.39, 0.29) is 5.56 Å². The van der Waals surface area contributed by atoms with Crippen molar-refractivity contribution in [3.05, 3.63) is 51.4 Å². The van der Waals surface area contributed by atoms with Gasteiger partial charge >= 0.3 is 0 Å². The van der Waals surface area contributed by atoms with Gasteiger partial charge in [-0.05, 0) is 64.2 Å². The number of piperidine rings is 1. The number of aromatic amines is 1. The zero-order valence-corrected chi connectivity index (χ0v) is 18.7. The minimum atomic E-state index is 0.0519. The van der Waals surface area contributed by atoms with Crippen LogP contribution in [-0.2, 0) is 19.5 Å². The van der Waals surface area contributed by atoms with Crippen LogP contribution in [0, 0.1) is 0 Å². The van der Waals surface area contributed by atoms with Gasteiger partial charge in [0.2, 0.25) is 5.95 Å². The summed E-state index contributed by atoms with van der Waals surface area (Å²) in [5.41, 5.74) is 4.47. The highest BCUT2D eigenvalue weighted by Gasteiger charge is 2.25. The molecule has 4 rings (SSSR count). The molecule has 2 aliphatic rings. The van der Waals surface area contributed by atoms with Crippen molar-refractivity contribution in [3.63, 3.8) is 0 Å². The maximum Gasteiger partial charge on any atom is 0.255 e. The van der Waals surface area contributed by atoms with Gasteiger partial charge in [-0.25, -0.2) is 4.98 Å². The van der Waals surface area contributed by atoms with Crippen molar-refractivity contribution in [2.24, 2.45) is 0 Å². The van der Waals surface area contributed by atoms with Crippen molar-refractivity contribution >= 4 is 11.6 Å². The lowest BCUT2D eigenvalue weighted by atomic mass is 10.0. The zero-order valence-electron chi connectivity index (χ0n) is 18.7. The SMILES string of the molecule is CCN(CC)c1ccc(CN2CCc3c(nc(N4CCCCC4C)[nH]c3=O)C2)cc1. The van der Waals surface area contributed by atoms with Crippen LogP contribution in [0.3, 0.4) is 0 Å². The molecule has 2 aromatic rings. The summed E-state index contributed by atoms with van der Waals surface area (Å²) in [6.45, 7) is 12.2. The minimum absolute atomic E-state index is 0.0519. The van der Waals surface area contributed by atoms with Gasteiger partial charge in [-0.1, -0.05) is 12.1 Å². The van der Waals surface area contributed by atoms with Crippen molar-refractivity contribution in [3.8, 4) is 0 Å². The van der Waals surface area contributed by atoms with Crippen LogP contribution >= 0.6 is 0 Å². The van der Waals surface area contributed by atoms with E-state index < -0.39 is 0 Å². The molecule has 3 heterocycles. The first kappa shape index (κ1) is 20.9. The van der Waals surface area contributed by atoms with Crippen LogP contribution in [0.25, 0.3) is 0 Å². The first-order valence-electron chi connectivity index (χ1n) is 11.5. The molecule has 0 bridgehead atoms. The summed E-state index contributed by atoms with van der Waals surface area (Å²) in [5.74, 6) is 0.761. The monoisotopic (exact) mass is 409 g/mol. The Morgan fingerprint density at radius 1 is 1.13 bits per heavy atom. The predicted molar refractivity (Wildman–Crippen MR) is 123 cm³/mol. The van der Waals surface area contributed by atoms with E-state index in [2.05, 4.69) is 64.7 Å². The maximum absolute atomic E-state index is 12.7. The van der Waals surface area contributed by atoms with Crippen LogP contribution < -0.4 is 15.4 Å². The standard InChI is InChI=1S/C24H35N5O/c1-4-28(5-2)20-11-9-19(10-12-20)16-27-15-13-21-22(17-27)25-24(26-23(21)30)29-14-7-6-8-18(29)3/h9-12,18H,4-8,13-17H2,1-3H3,(H,25,26,30). The predicted octanol–water partition coefficient (Wildman–Crippen LogP) is 3.55.